The zero-order chi connectivity index (χ0) is 35.7. The SMILES string of the molecule is CC1(C)c2ccccc2-c2ccc(-c3ccc4cc(-c5cccc(-c6ccc7c(c6)c6cccc8c9nc%10ccccc%10nc9n7c68)c5)ccc4c3)cc21. The molecule has 3 aromatic heterocycles. The first kappa shape index (κ1) is 29.7. The molecule has 0 bridgehead atoms. The highest BCUT2D eigenvalue weighted by atomic mass is 15.0. The molecule has 54 heavy (non-hydrogen) atoms. The summed E-state index contributed by atoms with van der Waals surface area (Å²) in [6.07, 6.45) is 0. The lowest BCUT2D eigenvalue weighted by Crippen LogP contribution is -2.14. The Morgan fingerprint density at radius 3 is 1.81 bits per heavy atom. The second kappa shape index (κ2) is 10.6. The lowest BCUT2D eigenvalue weighted by molar-refractivity contribution is 0.660. The molecule has 0 atom stereocenters. The van der Waals surface area contributed by atoms with Crippen LogP contribution in [0.4, 0.5) is 0 Å². The predicted octanol–water partition coefficient (Wildman–Crippen LogP) is 13.2. The molecule has 3 heteroatoms. The summed E-state index contributed by atoms with van der Waals surface area (Å²) < 4.78 is 2.31. The molecule has 0 fully saturated rings. The Morgan fingerprint density at radius 2 is 1.02 bits per heavy atom. The quantitative estimate of drug-likeness (QED) is 0.185. The minimum Gasteiger partial charge on any atom is -0.291 e. The molecule has 12 rings (SSSR count). The van der Waals surface area contributed by atoms with Gasteiger partial charge in [-0.15, -0.1) is 0 Å². The fourth-order valence-electron chi connectivity index (χ4n) is 9.35. The molecule has 252 valence electrons. The van der Waals surface area contributed by atoms with Crippen LogP contribution in [-0.2, 0) is 5.41 Å². The van der Waals surface area contributed by atoms with E-state index in [1.165, 1.54) is 82.7 Å². The first-order valence-corrected chi connectivity index (χ1v) is 18.7. The van der Waals surface area contributed by atoms with Gasteiger partial charge >= 0.3 is 0 Å². The molecule has 0 spiro atoms. The van der Waals surface area contributed by atoms with Crippen molar-refractivity contribution in [2.45, 2.75) is 19.3 Å². The van der Waals surface area contributed by atoms with E-state index in [-0.39, 0.29) is 5.41 Å². The van der Waals surface area contributed by atoms with Crippen LogP contribution in [0.1, 0.15) is 25.0 Å². The Labute approximate surface area is 312 Å². The second-order valence-corrected chi connectivity index (χ2v) is 15.4. The molecular weight excluding hydrogens is 655 g/mol. The summed E-state index contributed by atoms with van der Waals surface area (Å²) in [5.74, 6) is 0. The Balaban J connectivity index is 0.907. The third-order valence-electron chi connectivity index (χ3n) is 12.1. The van der Waals surface area contributed by atoms with Gasteiger partial charge in [0.25, 0.3) is 0 Å². The van der Waals surface area contributed by atoms with Crippen LogP contribution in [0.2, 0.25) is 0 Å². The number of benzene rings is 8. The maximum absolute atomic E-state index is 5.11. The smallest absolute Gasteiger partial charge is 0.165 e. The van der Waals surface area contributed by atoms with Crippen LogP contribution >= 0.6 is 0 Å². The first-order valence-electron chi connectivity index (χ1n) is 18.7. The molecule has 3 nitrogen and oxygen atoms in total. The molecule has 0 amide bonds. The third kappa shape index (κ3) is 4.07. The highest BCUT2D eigenvalue weighted by Crippen LogP contribution is 2.49. The van der Waals surface area contributed by atoms with E-state index in [2.05, 4.69) is 158 Å². The van der Waals surface area contributed by atoms with E-state index in [9.17, 15) is 0 Å². The number of hydrogen-bond acceptors (Lipinski definition) is 2. The van der Waals surface area contributed by atoms with Gasteiger partial charge in [-0.05, 0) is 115 Å². The molecule has 0 aliphatic heterocycles. The summed E-state index contributed by atoms with van der Waals surface area (Å²) in [6, 6.07) is 60.1. The van der Waals surface area contributed by atoms with E-state index >= 15 is 0 Å². The lowest BCUT2D eigenvalue weighted by atomic mass is 9.81. The maximum Gasteiger partial charge on any atom is 0.165 e. The monoisotopic (exact) mass is 687 g/mol. The van der Waals surface area contributed by atoms with E-state index in [1.54, 1.807) is 0 Å². The zero-order valence-corrected chi connectivity index (χ0v) is 29.9. The average Bonchev–Trinajstić information content (AvgIpc) is 3.81. The highest BCUT2D eigenvalue weighted by molar-refractivity contribution is 6.22. The van der Waals surface area contributed by atoms with Crippen molar-refractivity contribution in [1.29, 1.82) is 0 Å². The molecule has 0 radical (unpaired) electrons. The molecule has 0 unspecified atom stereocenters. The van der Waals surface area contributed by atoms with Gasteiger partial charge in [-0.25, -0.2) is 9.97 Å². The van der Waals surface area contributed by atoms with Crippen molar-refractivity contribution in [2.24, 2.45) is 0 Å². The van der Waals surface area contributed by atoms with Crippen molar-refractivity contribution in [2.75, 3.05) is 0 Å². The fraction of sp³-hybridized carbons (Fsp3) is 0.0588. The summed E-state index contributed by atoms with van der Waals surface area (Å²) in [7, 11) is 0. The Bertz CT molecular complexity index is 3370. The fourth-order valence-corrected chi connectivity index (χ4v) is 9.35. The summed E-state index contributed by atoms with van der Waals surface area (Å²) in [5.41, 5.74) is 18.9. The van der Waals surface area contributed by atoms with Gasteiger partial charge in [-0.1, -0.05) is 129 Å². The van der Waals surface area contributed by atoms with Crippen LogP contribution in [0.3, 0.4) is 0 Å². The Kier molecular flexibility index (Phi) is 5.84. The molecule has 0 saturated heterocycles. The van der Waals surface area contributed by atoms with Crippen molar-refractivity contribution in [1.82, 2.24) is 14.4 Å². The zero-order valence-electron chi connectivity index (χ0n) is 29.9. The van der Waals surface area contributed by atoms with E-state index in [0.717, 1.165) is 33.1 Å². The standard InChI is InChI=1S/C51H33N3/c1-51(2)43-14-4-3-11-38(43)39-23-21-37(29-44(39)51)35-20-19-33-26-32(17-18-34(33)27-35)30-9-7-10-31(25-30)36-22-24-47-42(28-36)40-12-8-13-41-48-50(54(47)49(40)41)53-46-16-6-5-15-45(46)52-48/h3-29H,1-2H3. The Hall–Kier alpha value is -6.84. The van der Waals surface area contributed by atoms with Crippen molar-refractivity contribution < 1.29 is 0 Å². The minimum atomic E-state index is -0.0122. The number of nitrogens with zero attached hydrogens (tertiary/aromatic N) is 3. The Morgan fingerprint density at radius 1 is 0.426 bits per heavy atom. The number of hydrogen-bond donors (Lipinski definition) is 0. The van der Waals surface area contributed by atoms with Crippen molar-refractivity contribution in [3.63, 3.8) is 0 Å². The van der Waals surface area contributed by atoms with Crippen LogP contribution in [0.25, 0.3) is 105 Å². The van der Waals surface area contributed by atoms with Crippen molar-refractivity contribution in [3.05, 3.63) is 175 Å². The van der Waals surface area contributed by atoms with Crippen LogP contribution < -0.4 is 0 Å². The number of rotatable bonds is 3. The summed E-state index contributed by atoms with van der Waals surface area (Å²) in [5, 5.41) is 6.09. The van der Waals surface area contributed by atoms with Gasteiger partial charge in [0.2, 0.25) is 0 Å². The van der Waals surface area contributed by atoms with Crippen LogP contribution in [0, 0.1) is 0 Å². The number of para-hydroxylation sites is 3. The minimum absolute atomic E-state index is 0.0122. The van der Waals surface area contributed by atoms with Gasteiger partial charge < -0.3 is 0 Å². The second-order valence-electron chi connectivity index (χ2n) is 15.4. The normalized spacial score (nSPS) is 13.5. The number of fused-ring (bicyclic) bond motifs is 11. The average molecular weight is 688 g/mol. The largest absolute Gasteiger partial charge is 0.291 e. The predicted molar refractivity (Wildman–Crippen MR) is 226 cm³/mol. The van der Waals surface area contributed by atoms with E-state index in [1.807, 2.05) is 24.3 Å². The maximum atomic E-state index is 5.11. The van der Waals surface area contributed by atoms with Crippen LogP contribution in [-0.4, -0.2) is 14.4 Å². The van der Waals surface area contributed by atoms with Crippen molar-refractivity contribution >= 4 is 60.2 Å². The van der Waals surface area contributed by atoms with Crippen molar-refractivity contribution in [3.8, 4) is 44.5 Å². The van der Waals surface area contributed by atoms with E-state index in [4.69, 9.17) is 9.97 Å². The molecular formula is C51H33N3. The first-order chi connectivity index (χ1) is 26.5. The summed E-state index contributed by atoms with van der Waals surface area (Å²) in [6.45, 7) is 4.69. The summed E-state index contributed by atoms with van der Waals surface area (Å²) in [4.78, 5) is 10.2. The van der Waals surface area contributed by atoms with Gasteiger partial charge in [0.1, 0.15) is 5.52 Å². The molecule has 0 N–H and O–H groups in total. The molecule has 0 saturated carbocycles. The van der Waals surface area contributed by atoms with Gasteiger partial charge in [0.15, 0.2) is 5.65 Å². The molecule has 1 aliphatic rings. The molecule has 3 heterocycles. The third-order valence-corrected chi connectivity index (χ3v) is 12.1. The molecule has 8 aromatic carbocycles. The van der Waals surface area contributed by atoms with Gasteiger partial charge in [-0.3, -0.25) is 4.40 Å². The van der Waals surface area contributed by atoms with Gasteiger partial charge in [-0.2, -0.15) is 0 Å². The van der Waals surface area contributed by atoms with E-state index in [0.29, 0.717) is 0 Å². The molecule has 1 aliphatic carbocycles. The topological polar surface area (TPSA) is 30.2 Å². The highest BCUT2D eigenvalue weighted by Gasteiger charge is 2.35. The van der Waals surface area contributed by atoms with Gasteiger partial charge in [0, 0.05) is 21.6 Å². The number of aromatic nitrogens is 3. The van der Waals surface area contributed by atoms with E-state index < -0.39 is 0 Å². The van der Waals surface area contributed by atoms with Gasteiger partial charge in [0.05, 0.1) is 22.1 Å². The molecule has 11 aromatic rings. The van der Waals surface area contributed by atoms with Crippen LogP contribution in [0.5, 0.6) is 0 Å². The van der Waals surface area contributed by atoms with Crippen LogP contribution in [0.15, 0.2) is 164 Å². The summed E-state index contributed by atoms with van der Waals surface area (Å²) >= 11 is 0. The lowest BCUT2D eigenvalue weighted by Gasteiger charge is -2.22.